The first kappa shape index (κ1) is 14.8. The number of aryl methyl sites for hydroxylation is 1. The largest absolute Gasteiger partial charge is 0.375 e. The molecule has 1 aliphatic heterocycles. The summed E-state index contributed by atoms with van der Waals surface area (Å²) in [5, 5.41) is 4.03. The van der Waals surface area contributed by atoms with Crippen molar-refractivity contribution < 1.29 is 9.26 Å². The highest BCUT2D eigenvalue weighted by molar-refractivity contribution is 5.17. The molecule has 0 amide bonds. The molecule has 7 heteroatoms. The van der Waals surface area contributed by atoms with Gasteiger partial charge in [0.15, 0.2) is 5.82 Å². The third kappa shape index (κ3) is 3.03. The van der Waals surface area contributed by atoms with Crippen LogP contribution in [0.3, 0.4) is 0 Å². The number of hydrogen-bond acceptors (Lipinski definition) is 6. The van der Waals surface area contributed by atoms with E-state index in [0.717, 1.165) is 38.3 Å². The van der Waals surface area contributed by atoms with Gasteiger partial charge >= 0.3 is 0 Å². The van der Waals surface area contributed by atoms with E-state index in [-0.39, 0.29) is 0 Å². The minimum atomic E-state index is 0.372. The third-order valence-electron chi connectivity index (χ3n) is 4.84. The third-order valence-corrected chi connectivity index (χ3v) is 4.84. The van der Waals surface area contributed by atoms with Crippen molar-refractivity contribution in [3.8, 4) is 0 Å². The molecule has 4 rings (SSSR count). The summed E-state index contributed by atoms with van der Waals surface area (Å²) in [6.45, 7) is 3.19. The van der Waals surface area contributed by atoms with E-state index >= 15 is 0 Å². The number of rotatable bonds is 5. The van der Waals surface area contributed by atoms with Crippen molar-refractivity contribution in [2.24, 2.45) is 0 Å². The number of nitrogens with zero attached hydrogens (tertiary/aromatic N) is 5. The van der Waals surface area contributed by atoms with Gasteiger partial charge in [0.05, 0.1) is 18.6 Å². The molecule has 1 fully saturated rings. The van der Waals surface area contributed by atoms with Crippen LogP contribution in [0.1, 0.15) is 48.4 Å². The molecule has 1 aliphatic carbocycles. The van der Waals surface area contributed by atoms with E-state index in [1.54, 1.807) is 7.11 Å². The van der Waals surface area contributed by atoms with Gasteiger partial charge in [0.25, 0.3) is 5.89 Å². The second-order valence-corrected chi connectivity index (χ2v) is 6.47. The van der Waals surface area contributed by atoms with Gasteiger partial charge in [-0.05, 0) is 32.1 Å². The molecule has 23 heavy (non-hydrogen) atoms. The zero-order chi connectivity index (χ0) is 15.6. The fraction of sp³-hybridized carbons (Fsp3) is 0.688. The number of aromatic nitrogens is 4. The predicted octanol–water partition coefficient (Wildman–Crippen LogP) is 1.74. The summed E-state index contributed by atoms with van der Waals surface area (Å²) in [5.74, 6) is 1.28. The minimum Gasteiger partial charge on any atom is -0.375 e. The summed E-state index contributed by atoms with van der Waals surface area (Å²) in [7, 11) is 1.63. The van der Waals surface area contributed by atoms with Crippen molar-refractivity contribution >= 4 is 0 Å². The molecule has 1 saturated heterocycles. The van der Waals surface area contributed by atoms with E-state index in [2.05, 4.69) is 30.9 Å². The lowest BCUT2D eigenvalue weighted by atomic mass is 10.0. The number of imidazole rings is 1. The molecule has 0 N–H and O–H groups in total. The molecule has 2 aromatic heterocycles. The molecule has 0 radical (unpaired) electrons. The van der Waals surface area contributed by atoms with E-state index in [0.29, 0.717) is 18.5 Å². The van der Waals surface area contributed by atoms with Crippen molar-refractivity contribution in [3.05, 3.63) is 29.4 Å². The summed E-state index contributed by atoms with van der Waals surface area (Å²) in [5.41, 5.74) is 2.78. The summed E-state index contributed by atoms with van der Waals surface area (Å²) in [4.78, 5) is 11.4. The first-order valence-corrected chi connectivity index (χ1v) is 8.41. The molecule has 0 aromatic carbocycles. The van der Waals surface area contributed by atoms with Crippen LogP contribution in [-0.2, 0) is 30.7 Å². The van der Waals surface area contributed by atoms with Crippen LogP contribution in [0, 0.1) is 0 Å². The van der Waals surface area contributed by atoms with E-state index in [1.807, 2.05) is 0 Å². The maximum atomic E-state index is 5.16. The normalized spacial score (nSPS) is 21.7. The topological polar surface area (TPSA) is 69.2 Å². The summed E-state index contributed by atoms with van der Waals surface area (Å²) in [6.07, 6.45) is 8.10. The molecule has 0 saturated carbocycles. The van der Waals surface area contributed by atoms with Gasteiger partial charge in [-0.1, -0.05) is 5.16 Å². The van der Waals surface area contributed by atoms with Crippen LogP contribution in [0.5, 0.6) is 0 Å². The van der Waals surface area contributed by atoms with E-state index in [4.69, 9.17) is 9.26 Å². The number of ether oxygens (including phenoxy) is 1. The lowest BCUT2D eigenvalue weighted by Crippen LogP contribution is -2.22. The number of fused-ring (bicyclic) bond motifs is 1. The smallest absolute Gasteiger partial charge is 0.252 e. The molecule has 124 valence electrons. The van der Waals surface area contributed by atoms with Crippen LogP contribution in [0.4, 0.5) is 0 Å². The monoisotopic (exact) mass is 317 g/mol. The fourth-order valence-corrected chi connectivity index (χ4v) is 3.73. The fourth-order valence-electron chi connectivity index (χ4n) is 3.73. The maximum absolute atomic E-state index is 5.16. The molecule has 1 atom stereocenters. The Morgan fingerprint density at radius 1 is 1.35 bits per heavy atom. The van der Waals surface area contributed by atoms with Gasteiger partial charge in [-0.3, -0.25) is 4.90 Å². The Hall–Kier alpha value is -1.73. The minimum absolute atomic E-state index is 0.372. The first-order chi connectivity index (χ1) is 11.3. The van der Waals surface area contributed by atoms with E-state index < -0.39 is 0 Å². The summed E-state index contributed by atoms with van der Waals surface area (Å²) >= 11 is 0. The lowest BCUT2D eigenvalue weighted by molar-refractivity contribution is 0.151. The number of hydrogen-bond donors (Lipinski definition) is 0. The van der Waals surface area contributed by atoms with Crippen molar-refractivity contribution in [1.29, 1.82) is 0 Å². The second kappa shape index (κ2) is 6.41. The average Bonchev–Trinajstić information content (AvgIpc) is 3.27. The van der Waals surface area contributed by atoms with Crippen LogP contribution in [0.2, 0.25) is 0 Å². The van der Waals surface area contributed by atoms with Crippen molar-refractivity contribution in [2.45, 2.75) is 51.3 Å². The second-order valence-electron chi connectivity index (χ2n) is 6.47. The Bertz CT molecular complexity index is 665. The Kier molecular flexibility index (Phi) is 4.13. The van der Waals surface area contributed by atoms with Crippen molar-refractivity contribution in [1.82, 2.24) is 24.6 Å². The molecular weight excluding hydrogens is 294 g/mol. The molecule has 7 nitrogen and oxygen atoms in total. The summed E-state index contributed by atoms with van der Waals surface area (Å²) < 4.78 is 12.6. The van der Waals surface area contributed by atoms with Gasteiger partial charge in [-0.25, -0.2) is 4.98 Å². The quantitative estimate of drug-likeness (QED) is 0.836. The highest BCUT2D eigenvalue weighted by Gasteiger charge is 2.28. The molecule has 2 aliphatic rings. The Morgan fingerprint density at radius 2 is 2.26 bits per heavy atom. The molecular formula is C16H23N5O2. The predicted molar refractivity (Wildman–Crippen MR) is 82.8 cm³/mol. The van der Waals surface area contributed by atoms with Crippen LogP contribution < -0.4 is 0 Å². The highest BCUT2D eigenvalue weighted by Crippen LogP contribution is 2.28. The zero-order valence-corrected chi connectivity index (χ0v) is 13.6. The molecule has 0 bridgehead atoms. The highest BCUT2D eigenvalue weighted by atomic mass is 16.5. The Labute approximate surface area is 135 Å². The molecule has 3 heterocycles. The lowest BCUT2D eigenvalue weighted by Gasteiger charge is -2.19. The Balaban J connectivity index is 1.40. The van der Waals surface area contributed by atoms with Crippen LogP contribution in [0.15, 0.2) is 10.9 Å². The van der Waals surface area contributed by atoms with Gasteiger partial charge in [-0.15, -0.1) is 0 Å². The van der Waals surface area contributed by atoms with Crippen LogP contribution in [-0.4, -0.2) is 44.8 Å². The summed E-state index contributed by atoms with van der Waals surface area (Å²) in [6, 6.07) is 0.523. The van der Waals surface area contributed by atoms with Gasteiger partial charge < -0.3 is 13.8 Å². The molecule has 2 aromatic rings. The van der Waals surface area contributed by atoms with Gasteiger partial charge in [0, 0.05) is 31.9 Å². The van der Waals surface area contributed by atoms with Crippen molar-refractivity contribution in [2.75, 3.05) is 20.2 Å². The first-order valence-electron chi connectivity index (χ1n) is 8.41. The number of likely N-dealkylation sites (tertiary alicyclic amines) is 1. The van der Waals surface area contributed by atoms with Gasteiger partial charge in [0.1, 0.15) is 6.61 Å². The number of methoxy groups -OCH3 is 1. The van der Waals surface area contributed by atoms with Crippen molar-refractivity contribution in [3.63, 3.8) is 0 Å². The van der Waals surface area contributed by atoms with Gasteiger partial charge in [0.2, 0.25) is 0 Å². The molecule has 0 unspecified atom stereocenters. The van der Waals surface area contributed by atoms with Crippen LogP contribution >= 0.6 is 0 Å². The average molecular weight is 317 g/mol. The van der Waals surface area contributed by atoms with E-state index in [1.165, 1.54) is 30.7 Å². The van der Waals surface area contributed by atoms with Gasteiger partial charge in [-0.2, -0.15) is 4.98 Å². The SMILES string of the molecule is COCc1nc(CN2CC[C@@H](n3cnc4c3CCCC4)C2)no1. The molecule has 0 spiro atoms. The van der Waals surface area contributed by atoms with Crippen LogP contribution in [0.25, 0.3) is 0 Å². The van der Waals surface area contributed by atoms with E-state index in [9.17, 15) is 0 Å². The maximum Gasteiger partial charge on any atom is 0.252 e. The Morgan fingerprint density at radius 3 is 3.17 bits per heavy atom. The zero-order valence-electron chi connectivity index (χ0n) is 13.6. The standard InChI is InChI=1S/C16H23N5O2/c1-22-10-16-18-15(19-23-16)9-20-7-6-12(8-20)21-11-17-13-4-2-3-5-14(13)21/h11-12H,2-10H2,1H3/t12-/m1/s1.